The first kappa shape index (κ1) is 9.31. The Balaban J connectivity index is 2.01. The first-order chi connectivity index (χ1) is 6.25. The van der Waals surface area contributed by atoms with Crippen LogP contribution in [0.3, 0.4) is 0 Å². The topological polar surface area (TPSA) is 21.8 Å². The van der Waals surface area contributed by atoms with Crippen molar-refractivity contribution in [3.05, 3.63) is 27.7 Å². The summed E-state index contributed by atoms with van der Waals surface area (Å²) in [5.41, 5.74) is 0. The van der Waals surface area contributed by atoms with Crippen LogP contribution < -0.4 is 4.74 Å². The Morgan fingerprint density at radius 1 is 1.62 bits per heavy atom. The van der Waals surface area contributed by atoms with Gasteiger partial charge in [-0.05, 0) is 34.1 Å². The SMILES string of the molecule is Clc1ccc(OC[C@@H]2CO2)c(Br)c1. The molecule has 4 heteroatoms. The van der Waals surface area contributed by atoms with Crippen LogP contribution in [0.2, 0.25) is 5.02 Å². The van der Waals surface area contributed by atoms with Gasteiger partial charge in [0, 0.05) is 5.02 Å². The number of hydrogen-bond donors (Lipinski definition) is 0. The molecule has 0 spiro atoms. The van der Waals surface area contributed by atoms with E-state index in [0.717, 1.165) is 16.8 Å². The maximum absolute atomic E-state index is 5.78. The quantitative estimate of drug-likeness (QED) is 0.782. The van der Waals surface area contributed by atoms with E-state index < -0.39 is 0 Å². The summed E-state index contributed by atoms with van der Waals surface area (Å²) >= 11 is 9.15. The van der Waals surface area contributed by atoms with Crippen LogP contribution in [-0.2, 0) is 4.74 Å². The summed E-state index contributed by atoms with van der Waals surface area (Å²) < 4.78 is 11.4. The Hall–Kier alpha value is -0.250. The van der Waals surface area contributed by atoms with E-state index >= 15 is 0 Å². The van der Waals surface area contributed by atoms with Gasteiger partial charge in [-0.25, -0.2) is 0 Å². The Morgan fingerprint density at radius 3 is 3.00 bits per heavy atom. The molecule has 2 nitrogen and oxygen atoms in total. The summed E-state index contributed by atoms with van der Waals surface area (Å²) in [5.74, 6) is 0.805. The minimum Gasteiger partial charge on any atom is -0.490 e. The number of epoxide rings is 1. The summed E-state index contributed by atoms with van der Waals surface area (Å²) in [5, 5.41) is 0.696. The molecular weight excluding hydrogens is 255 g/mol. The van der Waals surface area contributed by atoms with Crippen LogP contribution in [0.1, 0.15) is 0 Å². The van der Waals surface area contributed by atoms with E-state index in [9.17, 15) is 0 Å². The van der Waals surface area contributed by atoms with Gasteiger partial charge in [-0.3, -0.25) is 0 Å². The molecule has 0 bridgehead atoms. The highest BCUT2D eigenvalue weighted by Crippen LogP contribution is 2.28. The number of benzene rings is 1. The van der Waals surface area contributed by atoms with Gasteiger partial charge >= 0.3 is 0 Å². The smallest absolute Gasteiger partial charge is 0.133 e. The molecule has 1 heterocycles. The van der Waals surface area contributed by atoms with E-state index in [4.69, 9.17) is 21.1 Å². The lowest BCUT2D eigenvalue weighted by molar-refractivity contribution is 0.262. The summed E-state index contributed by atoms with van der Waals surface area (Å²) in [6, 6.07) is 5.45. The predicted molar refractivity (Wildman–Crippen MR) is 54.4 cm³/mol. The van der Waals surface area contributed by atoms with Crippen LogP contribution in [0, 0.1) is 0 Å². The van der Waals surface area contributed by atoms with Crippen molar-refractivity contribution in [3.63, 3.8) is 0 Å². The molecule has 0 amide bonds. The number of hydrogen-bond acceptors (Lipinski definition) is 2. The fraction of sp³-hybridized carbons (Fsp3) is 0.333. The highest BCUT2D eigenvalue weighted by Gasteiger charge is 2.23. The summed E-state index contributed by atoms with van der Waals surface area (Å²) in [4.78, 5) is 0. The molecule has 1 fully saturated rings. The molecule has 0 unspecified atom stereocenters. The lowest BCUT2D eigenvalue weighted by Crippen LogP contribution is -2.04. The molecule has 2 rings (SSSR count). The van der Waals surface area contributed by atoms with Gasteiger partial charge in [-0.1, -0.05) is 11.6 Å². The Kier molecular flexibility index (Phi) is 2.77. The van der Waals surface area contributed by atoms with Crippen LogP contribution >= 0.6 is 27.5 Å². The molecular formula is C9H8BrClO2. The van der Waals surface area contributed by atoms with E-state index in [2.05, 4.69) is 15.9 Å². The van der Waals surface area contributed by atoms with Gasteiger partial charge in [-0.15, -0.1) is 0 Å². The molecule has 0 aliphatic carbocycles. The fourth-order valence-corrected chi connectivity index (χ4v) is 1.74. The molecule has 0 aromatic heterocycles. The largest absolute Gasteiger partial charge is 0.490 e. The number of ether oxygens (including phenoxy) is 2. The molecule has 1 aliphatic heterocycles. The molecule has 1 aromatic rings. The lowest BCUT2D eigenvalue weighted by atomic mass is 10.3. The molecule has 0 saturated carbocycles. The minimum absolute atomic E-state index is 0.280. The normalized spacial score (nSPS) is 20.0. The van der Waals surface area contributed by atoms with Gasteiger partial charge in [0.1, 0.15) is 18.5 Å². The van der Waals surface area contributed by atoms with Gasteiger partial charge in [0.05, 0.1) is 11.1 Å². The first-order valence-corrected chi connectivity index (χ1v) is 5.12. The van der Waals surface area contributed by atoms with E-state index in [0.29, 0.717) is 11.6 Å². The van der Waals surface area contributed by atoms with E-state index in [1.807, 2.05) is 12.1 Å². The van der Waals surface area contributed by atoms with Crippen molar-refractivity contribution in [1.29, 1.82) is 0 Å². The van der Waals surface area contributed by atoms with Crippen LogP contribution in [0.25, 0.3) is 0 Å². The molecule has 1 saturated heterocycles. The van der Waals surface area contributed by atoms with E-state index in [1.165, 1.54) is 0 Å². The molecule has 1 aliphatic rings. The second-order valence-corrected chi connectivity index (χ2v) is 4.13. The van der Waals surface area contributed by atoms with Gasteiger partial charge in [0.15, 0.2) is 0 Å². The molecule has 1 aromatic carbocycles. The summed E-state index contributed by atoms with van der Waals surface area (Å²) in [6.45, 7) is 1.42. The lowest BCUT2D eigenvalue weighted by Gasteiger charge is -2.06. The molecule has 70 valence electrons. The fourth-order valence-electron chi connectivity index (χ4n) is 0.939. The Bertz CT molecular complexity index is 312. The minimum atomic E-state index is 0.280. The van der Waals surface area contributed by atoms with Crippen molar-refractivity contribution >= 4 is 27.5 Å². The van der Waals surface area contributed by atoms with Gasteiger partial charge < -0.3 is 9.47 Å². The first-order valence-electron chi connectivity index (χ1n) is 3.95. The average molecular weight is 264 g/mol. The van der Waals surface area contributed by atoms with Crippen molar-refractivity contribution in [2.75, 3.05) is 13.2 Å². The molecule has 0 radical (unpaired) electrons. The second-order valence-electron chi connectivity index (χ2n) is 2.84. The van der Waals surface area contributed by atoms with Crippen LogP contribution in [0.5, 0.6) is 5.75 Å². The number of halogens is 2. The molecule has 0 N–H and O–H groups in total. The molecule has 1 atom stereocenters. The maximum Gasteiger partial charge on any atom is 0.133 e. The third-order valence-corrected chi connectivity index (χ3v) is 2.58. The summed E-state index contributed by atoms with van der Waals surface area (Å²) in [7, 11) is 0. The second kappa shape index (κ2) is 3.86. The third kappa shape index (κ3) is 2.59. The predicted octanol–water partition coefficient (Wildman–Crippen LogP) is 2.88. The highest BCUT2D eigenvalue weighted by molar-refractivity contribution is 9.10. The van der Waals surface area contributed by atoms with E-state index in [-0.39, 0.29) is 6.10 Å². The van der Waals surface area contributed by atoms with Crippen LogP contribution in [0.15, 0.2) is 22.7 Å². The van der Waals surface area contributed by atoms with Gasteiger partial charge in [0.2, 0.25) is 0 Å². The zero-order chi connectivity index (χ0) is 9.26. The van der Waals surface area contributed by atoms with Crippen molar-refractivity contribution in [3.8, 4) is 5.75 Å². The molecule has 13 heavy (non-hydrogen) atoms. The Labute approximate surface area is 89.9 Å². The zero-order valence-corrected chi connectivity index (χ0v) is 9.14. The van der Waals surface area contributed by atoms with Gasteiger partial charge in [0.25, 0.3) is 0 Å². The van der Waals surface area contributed by atoms with Crippen molar-refractivity contribution in [1.82, 2.24) is 0 Å². The highest BCUT2D eigenvalue weighted by atomic mass is 79.9. The average Bonchev–Trinajstić information content (AvgIpc) is 2.86. The maximum atomic E-state index is 5.78. The monoisotopic (exact) mass is 262 g/mol. The number of rotatable bonds is 3. The third-order valence-electron chi connectivity index (χ3n) is 1.72. The van der Waals surface area contributed by atoms with Crippen molar-refractivity contribution < 1.29 is 9.47 Å². The van der Waals surface area contributed by atoms with Crippen LogP contribution in [-0.4, -0.2) is 19.3 Å². The van der Waals surface area contributed by atoms with Crippen molar-refractivity contribution in [2.24, 2.45) is 0 Å². The van der Waals surface area contributed by atoms with Crippen molar-refractivity contribution in [2.45, 2.75) is 6.10 Å². The zero-order valence-electron chi connectivity index (χ0n) is 6.80. The van der Waals surface area contributed by atoms with Gasteiger partial charge in [-0.2, -0.15) is 0 Å². The summed E-state index contributed by atoms with van der Waals surface area (Å²) in [6.07, 6.45) is 0.280. The van der Waals surface area contributed by atoms with E-state index in [1.54, 1.807) is 6.07 Å². The standard InChI is InChI=1S/C9H8BrClO2/c10-8-3-6(11)1-2-9(8)13-5-7-4-12-7/h1-3,7H,4-5H2/t7-/m0/s1. The van der Waals surface area contributed by atoms with Crippen LogP contribution in [0.4, 0.5) is 0 Å². The Morgan fingerprint density at radius 2 is 2.38 bits per heavy atom.